The SMILES string of the molecule is O=C(O)C(F)(F)F.O=C(c1cccnc1)N1CCC2(CCN(c3ccsc3)C2=O)C1. The summed E-state index contributed by atoms with van der Waals surface area (Å²) >= 11 is 1.60. The van der Waals surface area contributed by atoms with Crippen molar-refractivity contribution in [2.45, 2.75) is 19.0 Å². The summed E-state index contributed by atoms with van der Waals surface area (Å²) < 4.78 is 31.7. The zero-order chi connectivity index (χ0) is 21.9. The molecule has 0 aliphatic carbocycles. The predicted octanol–water partition coefficient (Wildman–Crippen LogP) is 3.05. The molecule has 7 nitrogen and oxygen atoms in total. The summed E-state index contributed by atoms with van der Waals surface area (Å²) in [6, 6.07) is 5.52. The molecule has 1 spiro atoms. The summed E-state index contributed by atoms with van der Waals surface area (Å²) in [5, 5.41) is 11.1. The van der Waals surface area contributed by atoms with Gasteiger partial charge in [-0.15, -0.1) is 0 Å². The highest BCUT2D eigenvalue weighted by molar-refractivity contribution is 7.08. The molecule has 11 heteroatoms. The fraction of sp³-hybridized carbons (Fsp3) is 0.368. The largest absolute Gasteiger partial charge is 0.490 e. The number of carbonyl (C=O) groups excluding carboxylic acids is 2. The molecule has 2 amide bonds. The Kier molecular flexibility index (Phi) is 6.11. The lowest BCUT2D eigenvalue weighted by atomic mass is 9.85. The Labute approximate surface area is 173 Å². The zero-order valence-corrected chi connectivity index (χ0v) is 16.4. The third-order valence-corrected chi connectivity index (χ3v) is 5.79. The second-order valence-electron chi connectivity index (χ2n) is 6.99. The van der Waals surface area contributed by atoms with E-state index in [1.165, 1.54) is 0 Å². The number of nitrogens with zero attached hydrogens (tertiary/aromatic N) is 3. The van der Waals surface area contributed by atoms with E-state index in [9.17, 15) is 22.8 Å². The Bertz CT molecular complexity index is 921. The Balaban J connectivity index is 0.000000318. The van der Waals surface area contributed by atoms with E-state index in [0.29, 0.717) is 18.7 Å². The highest BCUT2D eigenvalue weighted by Crippen LogP contribution is 2.42. The van der Waals surface area contributed by atoms with E-state index in [0.717, 1.165) is 25.1 Å². The van der Waals surface area contributed by atoms with Crippen molar-refractivity contribution in [2.75, 3.05) is 24.5 Å². The van der Waals surface area contributed by atoms with Gasteiger partial charge in [-0.25, -0.2) is 4.79 Å². The van der Waals surface area contributed by atoms with Gasteiger partial charge < -0.3 is 14.9 Å². The van der Waals surface area contributed by atoms with Gasteiger partial charge >= 0.3 is 12.1 Å². The van der Waals surface area contributed by atoms with Crippen molar-refractivity contribution in [1.29, 1.82) is 0 Å². The summed E-state index contributed by atoms with van der Waals surface area (Å²) in [5.74, 6) is -2.62. The molecular formula is C19H18F3N3O4S. The van der Waals surface area contributed by atoms with Gasteiger partial charge in [0.25, 0.3) is 5.91 Å². The fourth-order valence-corrected chi connectivity index (χ4v) is 4.22. The molecule has 2 aromatic heterocycles. The molecule has 1 unspecified atom stereocenters. The van der Waals surface area contributed by atoms with Crippen LogP contribution in [0.3, 0.4) is 0 Å². The second kappa shape index (κ2) is 8.42. The summed E-state index contributed by atoms with van der Waals surface area (Å²) in [5.41, 5.74) is 1.17. The van der Waals surface area contributed by atoms with Gasteiger partial charge in [0, 0.05) is 37.4 Å². The minimum atomic E-state index is -5.08. The molecule has 0 saturated carbocycles. The molecule has 0 bridgehead atoms. The molecule has 0 radical (unpaired) electrons. The standard InChI is InChI=1S/C17H17N3O2S.C2HF3O2/c21-15(13-2-1-6-18-10-13)19-7-4-17(12-19)5-8-20(16(17)22)14-3-9-23-11-14;3-2(4,5)1(6)7/h1-3,6,9-11H,4-5,7-8,12H2;(H,6,7). The molecule has 0 aromatic carbocycles. The first-order valence-electron chi connectivity index (χ1n) is 8.98. The number of carbonyl (C=O) groups is 3. The van der Waals surface area contributed by atoms with E-state index in [2.05, 4.69) is 4.98 Å². The molecule has 2 aliphatic rings. The maximum Gasteiger partial charge on any atom is 0.490 e. The van der Waals surface area contributed by atoms with Crippen molar-refractivity contribution in [2.24, 2.45) is 5.41 Å². The van der Waals surface area contributed by atoms with Crippen LogP contribution in [0.25, 0.3) is 0 Å². The van der Waals surface area contributed by atoms with Crippen LogP contribution in [0.15, 0.2) is 41.4 Å². The number of alkyl halides is 3. The van der Waals surface area contributed by atoms with Gasteiger partial charge in [-0.05, 0) is 36.4 Å². The minimum absolute atomic E-state index is 0.0308. The van der Waals surface area contributed by atoms with Crippen LogP contribution in [-0.2, 0) is 9.59 Å². The van der Waals surface area contributed by atoms with Gasteiger partial charge in [-0.3, -0.25) is 14.6 Å². The number of thiophene rings is 1. The van der Waals surface area contributed by atoms with Crippen LogP contribution < -0.4 is 4.90 Å². The van der Waals surface area contributed by atoms with Gasteiger partial charge in [-0.2, -0.15) is 24.5 Å². The molecule has 1 atom stereocenters. The fourth-order valence-electron chi connectivity index (χ4n) is 3.57. The number of aromatic nitrogens is 1. The molecule has 30 heavy (non-hydrogen) atoms. The summed E-state index contributed by atoms with van der Waals surface area (Å²) in [6.45, 7) is 1.89. The Morgan fingerprint density at radius 2 is 1.90 bits per heavy atom. The number of rotatable bonds is 2. The Morgan fingerprint density at radius 1 is 1.20 bits per heavy atom. The van der Waals surface area contributed by atoms with E-state index in [4.69, 9.17) is 9.90 Å². The number of anilines is 1. The van der Waals surface area contributed by atoms with Gasteiger partial charge in [-0.1, -0.05) is 0 Å². The predicted molar refractivity (Wildman–Crippen MR) is 102 cm³/mol. The highest BCUT2D eigenvalue weighted by atomic mass is 32.1. The quantitative estimate of drug-likeness (QED) is 0.774. The Hall–Kier alpha value is -2.95. The van der Waals surface area contributed by atoms with Crippen molar-refractivity contribution in [3.8, 4) is 0 Å². The molecule has 2 fully saturated rings. The van der Waals surface area contributed by atoms with Crippen LogP contribution >= 0.6 is 11.3 Å². The average molecular weight is 441 g/mol. The lowest BCUT2D eigenvalue weighted by Crippen LogP contribution is -2.38. The van der Waals surface area contributed by atoms with Gasteiger partial charge in [0.05, 0.1) is 16.7 Å². The number of hydrogen-bond acceptors (Lipinski definition) is 5. The topological polar surface area (TPSA) is 90.8 Å². The molecule has 1 N–H and O–H groups in total. The lowest BCUT2D eigenvalue weighted by molar-refractivity contribution is -0.192. The van der Waals surface area contributed by atoms with Crippen molar-refractivity contribution in [3.05, 3.63) is 46.9 Å². The number of hydrogen-bond donors (Lipinski definition) is 1. The third kappa shape index (κ3) is 4.45. The number of carboxylic acids is 1. The number of aliphatic carboxylic acids is 1. The molecule has 4 heterocycles. The van der Waals surface area contributed by atoms with Gasteiger partial charge in [0.2, 0.25) is 5.91 Å². The van der Waals surface area contributed by atoms with Crippen LogP contribution in [0.4, 0.5) is 18.9 Å². The van der Waals surface area contributed by atoms with E-state index in [1.54, 1.807) is 40.8 Å². The average Bonchev–Trinajstić information content (AvgIpc) is 3.44. The van der Waals surface area contributed by atoms with Crippen molar-refractivity contribution >= 4 is 34.8 Å². The molecule has 4 rings (SSSR count). The van der Waals surface area contributed by atoms with Crippen LogP contribution in [0.5, 0.6) is 0 Å². The smallest absolute Gasteiger partial charge is 0.475 e. The number of amides is 2. The zero-order valence-electron chi connectivity index (χ0n) is 15.6. The first kappa shape index (κ1) is 21.8. The molecule has 2 saturated heterocycles. The first-order valence-corrected chi connectivity index (χ1v) is 9.92. The Morgan fingerprint density at radius 3 is 2.47 bits per heavy atom. The number of halogens is 3. The van der Waals surface area contributed by atoms with E-state index < -0.39 is 17.6 Å². The van der Waals surface area contributed by atoms with Crippen LogP contribution in [0.2, 0.25) is 0 Å². The molecule has 160 valence electrons. The van der Waals surface area contributed by atoms with Crippen LogP contribution in [-0.4, -0.2) is 58.6 Å². The van der Waals surface area contributed by atoms with E-state index in [-0.39, 0.29) is 11.8 Å². The third-order valence-electron chi connectivity index (χ3n) is 5.12. The number of likely N-dealkylation sites (tertiary alicyclic amines) is 1. The molecule has 2 aliphatic heterocycles. The minimum Gasteiger partial charge on any atom is -0.475 e. The summed E-state index contributed by atoms with van der Waals surface area (Å²) in [6.07, 6.45) is -0.278. The second-order valence-corrected chi connectivity index (χ2v) is 7.77. The van der Waals surface area contributed by atoms with E-state index >= 15 is 0 Å². The van der Waals surface area contributed by atoms with Crippen LogP contribution in [0, 0.1) is 5.41 Å². The molecular weight excluding hydrogens is 423 g/mol. The van der Waals surface area contributed by atoms with Gasteiger partial charge in [0.15, 0.2) is 0 Å². The monoisotopic (exact) mass is 441 g/mol. The number of carboxylic acid groups (broad SMARTS) is 1. The number of pyridine rings is 1. The van der Waals surface area contributed by atoms with Crippen LogP contribution in [0.1, 0.15) is 23.2 Å². The van der Waals surface area contributed by atoms with Crippen molar-refractivity contribution < 1.29 is 32.7 Å². The highest BCUT2D eigenvalue weighted by Gasteiger charge is 2.52. The molecule has 2 aromatic rings. The summed E-state index contributed by atoms with van der Waals surface area (Å²) in [7, 11) is 0. The van der Waals surface area contributed by atoms with E-state index in [1.807, 2.05) is 21.7 Å². The summed E-state index contributed by atoms with van der Waals surface area (Å²) in [4.78, 5) is 42.0. The van der Waals surface area contributed by atoms with Gasteiger partial charge in [0.1, 0.15) is 0 Å². The normalized spacial score (nSPS) is 21.0. The van der Waals surface area contributed by atoms with Crippen molar-refractivity contribution in [1.82, 2.24) is 9.88 Å². The van der Waals surface area contributed by atoms with Crippen molar-refractivity contribution in [3.63, 3.8) is 0 Å². The lowest BCUT2D eigenvalue weighted by Gasteiger charge is -2.23. The maximum absolute atomic E-state index is 12.9. The maximum atomic E-state index is 12.9. The first-order chi connectivity index (χ1) is 14.1.